The third kappa shape index (κ3) is 3.82. The summed E-state index contributed by atoms with van der Waals surface area (Å²) in [5, 5.41) is 9.02. The zero-order valence-electron chi connectivity index (χ0n) is 15.9. The van der Waals surface area contributed by atoms with E-state index in [1.807, 2.05) is 6.07 Å². The molecule has 2 aromatic rings. The van der Waals surface area contributed by atoms with Crippen molar-refractivity contribution in [2.45, 2.75) is 57.9 Å². The maximum Gasteiger partial charge on any atom is 0.339 e. The Morgan fingerprint density at radius 1 is 1.19 bits per heavy atom. The highest BCUT2D eigenvalue weighted by atomic mass is 16.5. The van der Waals surface area contributed by atoms with Gasteiger partial charge in [-0.25, -0.2) is 9.78 Å². The summed E-state index contributed by atoms with van der Waals surface area (Å²) in [7, 11) is 0. The van der Waals surface area contributed by atoms with Gasteiger partial charge >= 0.3 is 5.97 Å². The monoisotopic (exact) mass is 369 g/mol. The molecule has 144 valence electrons. The zero-order chi connectivity index (χ0) is 18.6. The van der Waals surface area contributed by atoms with Crippen LogP contribution >= 0.6 is 0 Å². The minimum absolute atomic E-state index is 0.320. The molecule has 0 bridgehead atoms. The molecule has 4 heterocycles. The molecule has 0 radical (unpaired) electrons. The van der Waals surface area contributed by atoms with Crippen LogP contribution in [0.5, 0.6) is 0 Å². The first-order chi connectivity index (χ1) is 13.3. The molecule has 1 fully saturated rings. The van der Waals surface area contributed by atoms with E-state index in [0.29, 0.717) is 18.1 Å². The number of anilines is 1. The van der Waals surface area contributed by atoms with Gasteiger partial charge in [0.15, 0.2) is 0 Å². The van der Waals surface area contributed by atoms with E-state index in [4.69, 9.17) is 4.74 Å². The summed E-state index contributed by atoms with van der Waals surface area (Å²) < 4.78 is 7.39. The van der Waals surface area contributed by atoms with Gasteiger partial charge in [0.05, 0.1) is 12.2 Å². The highest BCUT2D eigenvalue weighted by Gasteiger charge is 2.28. The second-order valence-electron chi connectivity index (χ2n) is 7.35. The molecular formula is C20H27N5O2. The molecule has 7 nitrogen and oxygen atoms in total. The Morgan fingerprint density at radius 2 is 2.11 bits per heavy atom. The number of carbonyl (C=O) groups is 1. The lowest BCUT2D eigenvalue weighted by molar-refractivity contribution is 0.0526. The van der Waals surface area contributed by atoms with Crippen molar-refractivity contribution >= 4 is 11.8 Å². The molecule has 0 aliphatic carbocycles. The minimum atomic E-state index is -0.320. The number of carbonyl (C=O) groups excluding carboxylic acids is 1. The van der Waals surface area contributed by atoms with Crippen LogP contribution in [0.15, 0.2) is 18.3 Å². The van der Waals surface area contributed by atoms with Gasteiger partial charge in [-0.3, -0.25) is 0 Å². The van der Waals surface area contributed by atoms with Crippen LogP contribution in [0.3, 0.4) is 0 Å². The van der Waals surface area contributed by atoms with Gasteiger partial charge < -0.3 is 14.2 Å². The second-order valence-corrected chi connectivity index (χ2v) is 7.35. The van der Waals surface area contributed by atoms with E-state index in [1.54, 1.807) is 19.2 Å². The first kappa shape index (κ1) is 17.9. The number of ether oxygens (including phenoxy) is 1. The number of hydrogen-bond donors (Lipinski definition) is 0. The smallest absolute Gasteiger partial charge is 0.339 e. The van der Waals surface area contributed by atoms with Crippen molar-refractivity contribution < 1.29 is 9.53 Å². The average molecular weight is 369 g/mol. The van der Waals surface area contributed by atoms with E-state index in [-0.39, 0.29) is 5.97 Å². The topological polar surface area (TPSA) is 73.1 Å². The van der Waals surface area contributed by atoms with Crippen LogP contribution in [0, 0.1) is 0 Å². The van der Waals surface area contributed by atoms with E-state index < -0.39 is 0 Å². The number of piperidine rings is 1. The number of aryl methyl sites for hydroxylation is 1. The Balaban J connectivity index is 1.49. The molecule has 2 aliphatic heterocycles. The van der Waals surface area contributed by atoms with Crippen LogP contribution in [0.4, 0.5) is 5.82 Å². The summed E-state index contributed by atoms with van der Waals surface area (Å²) >= 11 is 0. The van der Waals surface area contributed by atoms with Gasteiger partial charge in [0.25, 0.3) is 0 Å². The lowest BCUT2D eigenvalue weighted by Crippen LogP contribution is -2.36. The lowest BCUT2D eigenvalue weighted by Gasteiger charge is -2.33. The largest absolute Gasteiger partial charge is 0.462 e. The van der Waals surface area contributed by atoms with Gasteiger partial charge in [-0.2, -0.15) is 0 Å². The van der Waals surface area contributed by atoms with Crippen molar-refractivity contribution in [1.82, 2.24) is 19.7 Å². The molecule has 0 spiro atoms. The predicted octanol–water partition coefficient (Wildman–Crippen LogP) is 2.96. The third-order valence-electron chi connectivity index (χ3n) is 5.51. The van der Waals surface area contributed by atoms with Gasteiger partial charge in [0.2, 0.25) is 0 Å². The molecule has 2 aromatic heterocycles. The van der Waals surface area contributed by atoms with Gasteiger partial charge in [0.1, 0.15) is 17.5 Å². The van der Waals surface area contributed by atoms with E-state index in [9.17, 15) is 4.79 Å². The molecule has 0 amide bonds. The summed E-state index contributed by atoms with van der Waals surface area (Å²) in [5.41, 5.74) is 0.497. The van der Waals surface area contributed by atoms with Crippen LogP contribution in [0.25, 0.3) is 0 Å². The Hall–Kier alpha value is -2.44. The highest BCUT2D eigenvalue weighted by Crippen LogP contribution is 2.30. The maximum absolute atomic E-state index is 11.8. The summed E-state index contributed by atoms with van der Waals surface area (Å²) in [4.78, 5) is 18.6. The molecule has 0 aromatic carbocycles. The first-order valence-electron chi connectivity index (χ1n) is 10.1. The fourth-order valence-electron chi connectivity index (χ4n) is 4.11. The number of aromatic nitrogens is 4. The van der Waals surface area contributed by atoms with Crippen molar-refractivity contribution in [3.63, 3.8) is 0 Å². The normalized spacial score (nSPS) is 20.0. The number of esters is 1. The molecule has 7 heteroatoms. The second kappa shape index (κ2) is 8.06. The van der Waals surface area contributed by atoms with E-state index in [1.165, 1.54) is 19.3 Å². The van der Waals surface area contributed by atoms with Crippen LogP contribution in [-0.4, -0.2) is 45.4 Å². The Kier molecular flexibility index (Phi) is 5.36. The Labute approximate surface area is 159 Å². The maximum atomic E-state index is 11.8. The highest BCUT2D eigenvalue weighted by molar-refractivity contribution is 5.89. The number of rotatable bonds is 4. The Morgan fingerprint density at radius 3 is 2.93 bits per heavy atom. The third-order valence-corrected chi connectivity index (χ3v) is 5.51. The van der Waals surface area contributed by atoms with Gasteiger partial charge in [0, 0.05) is 38.2 Å². The standard InChI is InChI=1S/C20H27N5O2/c1-2-27-20(26)15-9-10-17(21-13-15)24-11-6-7-16(14-24)19-23-22-18-8-4-3-5-12-25(18)19/h9-10,13,16H,2-8,11-12,14H2,1H3/t16-/m1/s1. The average Bonchev–Trinajstić information content (AvgIpc) is 2.97. The predicted molar refractivity (Wildman–Crippen MR) is 102 cm³/mol. The fourth-order valence-corrected chi connectivity index (χ4v) is 4.11. The van der Waals surface area contributed by atoms with Gasteiger partial charge in [-0.05, 0) is 44.7 Å². The molecular weight excluding hydrogens is 342 g/mol. The SMILES string of the molecule is CCOC(=O)c1ccc(N2CCC[C@@H](c3nnc4n3CCCCC4)C2)nc1. The number of hydrogen-bond acceptors (Lipinski definition) is 6. The van der Waals surface area contributed by atoms with Crippen LogP contribution in [0.2, 0.25) is 0 Å². The molecule has 0 saturated carbocycles. The minimum Gasteiger partial charge on any atom is -0.462 e. The molecule has 2 aliphatic rings. The molecule has 1 saturated heterocycles. The lowest BCUT2D eigenvalue weighted by atomic mass is 9.97. The van der Waals surface area contributed by atoms with Crippen molar-refractivity contribution in [2.24, 2.45) is 0 Å². The molecule has 0 unspecified atom stereocenters. The van der Waals surface area contributed by atoms with Crippen molar-refractivity contribution in [3.8, 4) is 0 Å². The van der Waals surface area contributed by atoms with Gasteiger partial charge in [-0.1, -0.05) is 6.42 Å². The molecule has 4 rings (SSSR count). The molecule has 1 atom stereocenters. The summed E-state index contributed by atoms with van der Waals surface area (Å²) in [6.07, 6.45) is 8.59. The van der Waals surface area contributed by atoms with Gasteiger partial charge in [-0.15, -0.1) is 10.2 Å². The van der Waals surface area contributed by atoms with E-state index >= 15 is 0 Å². The number of pyridine rings is 1. The quantitative estimate of drug-likeness (QED) is 0.772. The first-order valence-corrected chi connectivity index (χ1v) is 10.1. The zero-order valence-corrected chi connectivity index (χ0v) is 15.9. The fraction of sp³-hybridized carbons (Fsp3) is 0.600. The van der Waals surface area contributed by atoms with E-state index in [0.717, 1.165) is 56.4 Å². The van der Waals surface area contributed by atoms with E-state index in [2.05, 4.69) is 24.6 Å². The van der Waals surface area contributed by atoms with Crippen LogP contribution in [-0.2, 0) is 17.7 Å². The summed E-state index contributed by atoms with van der Waals surface area (Å²) in [6, 6.07) is 3.71. The van der Waals surface area contributed by atoms with Crippen LogP contribution < -0.4 is 4.90 Å². The summed E-state index contributed by atoms with van der Waals surface area (Å²) in [5.74, 6) is 3.25. The number of fused-ring (bicyclic) bond motifs is 1. The number of nitrogens with zero attached hydrogens (tertiary/aromatic N) is 5. The van der Waals surface area contributed by atoms with Crippen molar-refractivity contribution in [2.75, 3.05) is 24.6 Å². The Bertz CT molecular complexity index is 786. The van der Waals surface area contributed by atoms with Crippen LogP contribution in [0.1, 0.15) is 67.0 Å². The van der Waals surface area contributed by atoms with Crippen molar-refractivity contribution in [3.05, 3.63) is 35.5 Å². The molecule has 27 heavy (non-hydrogen) atoms. The molecule has 0 N–H and O–H groups in total. The van der Waals surface area contributed by atoms with Crippen molar-refractivity contribution in [1.29, 1.82) is 0 Å². The summed E-state index contributed by atoms with van der Waals surface area (Å²) in [6.45, 7) is 5.09.